The van der Waals surface area contributed by atoms with Crippen LogP contribution in [0.1, 0.15) is 69.1 Å². The Labute approximate surface area is 391 Å². The van der Waals surface area contributed by atoms with E-state index in [0.29, 0.717) is 0 Å². The molecule has 0 aliphatic rings. The van der Waals surface area contributed by atoms with Gasteiger partial charge in [0, 0.05) is 0 Å². The minimum atomic E-state index is -2.32. The van der Waals surface area contributed by atoms with E-state index in [2.05, 4.69) is 39.1 Å². The lowest BCUT2D eigenvalue weighted by Crippen LogP contribution is -2.44. The van der Waals surface area contributed by atoms with Crippen LogP contribution in [0.15, 0.2) is 97.1 Å². The Morgan fingerprint density at radius 1 is 0.319 bits per heavy atom. The molecule has 0 N–H and O–H groups in total. The van der Waals surface area contributed by atoms with E-state index in [9.17, 15) is 38.4 Å². The van der Waals surface area contributed by atoms with Crippen LogP contribution in [0, 0.1) is 5.41 Å². The normalized spacial score (nSPS) is 10.4. The summed E-state index contributed by atoms with van der Waals surface area (Å²) in [5.74, 6) is -4.51. The van der Waals surface area contributed by atoms with E-state index in [4.69, 9.17) is 37.9 Å². The van der Waals surface area contributed by atoms with Crippen LogP contribution in [0.2, 0.25) is 0 Å². The zero-order chi connectivity index (χ0) is 50.0. The SMILES string of the molecule is CCOc1ccccc1C(=O)OOC(=O)OCC(COC(=O)OOC(=O)c1ccccc1OCC)(COC(=O)OOC(=O)c1ccccc1OCC)COC(=O)OOC(=O)c1ccccc1OCC. The third-order valence-electron chi connectivity index (χ3n) is 8.35. The van der Waals surface area contributed by atoms with Crippen molar-refractivity contribution in [3.05, 3.63) is 119 Å². The molecule has 4 aromatic carbocycles. The number of rotatable bonds is 20. The number of ether oxygens (including phenoxy) is 8. The zero-order valence-electron chi connectivity index (χ0n) is 37.2. The first-order valence-corrected chi connectivity index (χ1v) is 20.4. The first-order chi connectivity index (χ1) is 33.3. The lowest BCUT2D eigenvalue weighted by atomic mass is 9.92. The third kappa shape index (κ3) is 16.8. The van der Waals surface area contributed by atoms with Gasteiger partial charge in [-0.3, -0.25) is 0 Å². The second kappa shape index (κ2) is 27.5. The summed E-state index contributed by atoms with van der Waals surface area (Å²) in [5.41, 5.74) is -2.93. The molecule has 24 nitrogen and oxygen atoms in total. The molecule has 0 spiro atoms. The van der Waals surface area contributed by atoms with Gasteiger partial charge < -0.3 is 37.9 Å². The molecule has 69 heavy (non-hydrogen) atoms. The summed E-state index contributed by atoms with van der Waals surface area (Å²) >= 11 is 0. The highest BCUT2D eigenvalue weighted by molar-refractivity contribution is 5.94. The molecule has 0 unspecified atom stereocenters. The lowest BCUT2D eigenvalue weighted by molar-refractivity contribution is -0.223. The van der Waals surface area contributed by atoms with Crippen molar-refractivity contribution in [2.75, 3.05) is 52.9 Å². The van der Waals surface area contributed by atoms with Gasteiger partial charge >= 0.3 is 48.5 Å². The summed E-state index contributed by atoms with van der Waals surface area (Å²) in [5, 5.41) is 0. The van der Waals surface area contributed by atoms with Crippen LogP contribution in [0.3, 0.4) is 0 Å². The molecule has 368 valence electrons. The Hall–Kier alpha value is -8.96. The number of carbonyl (C=O) groups excluding carboxylic acids is 8. The van der Waals surface area contributed by atoms with Gasteiger partial charge in [0.2, 0.25) is 0 Å². The Bertz CT molecular complexity index is 2070. The molecule has 0 atom stereocenters. The fourth-order valence-corrected chi connectivity index (χ4v) is 5.33. The maximum atomic E-state index is 12.9. The van der Waals surface area contributed by atoms with Gasteiger partial charge in [-0.2, -0.15) is 19.2 Å². The average molecular weight is 969 g/mol. The molecule has 0 saturated heterocycles. The van der Waals surface area contributed by atoms with Gasteiger partial charge in [-0.1, -0.05) is 48.5 Å². The first kappa shape index (κ1) is 52.7. The number of hydrogen-bond donors (Lipinski definition) is 0. The highest BCUT2D eigenvalue weighted by Crippen LogP contribution is 2.26. The molecule has 0 saturated carbocycles. The zero-order valence-corrected chi connectivity index (χ0v) is 37.2. The van der Waals surface area contributed by atoms with Gasteiger partial charge in [0.05, 0.1) is 26.4 Å². The summed E-state index contributed by atoms with van der Waals surface area (Å²) < 4.78 is 41.8. The lowest BCUT2D eigenvalue weighted by Gasteiger charge is -2.30. The van der Waals surface area contributed by atoms with Gasteiger partial charge in [-0.15, -0.1) is 0 Å². The van der Waals surface area contributed by atoms with Crippen molar-refractivity contribution in [2.24, 2.45) is 5.41 Å². The van der Waals surface area contributed by atoms with Gasteiger partial charge in [0.25, 0.3) is 0 Å². The Kier molecular flexibility index (Phi) is 21.0. The Morgan fingerprint density at radius 3 is 0.725 bits per heavy atom. The predicted molar refractivity (Wildman–Crippen MR) is 224 cm³/mol. The summed E-state index contributed by atoms with van der Waals surface area (Å²) in [7, 11) is 0. The maximum Gasteiger partial charge on any atom is 0.549 e. The third-order valence-corrected chi connectivity index (χ3v) is 8.35. The molecule has 4 aromatic rings. The second-order valence-corrected chi connectivity index (χ2v) is 13.2. The smallest absolute Gasteiger partial charge is 0.493 e. The molecule has 24 heteroatoms. The highest BCUT2D eigenvalue weighted by atomic mass is 17.3. The predicted octanol–water partition coefficient (Wildman–Crippen LogP) is 7.27. The van der Waals surface area contributed by atoms with Crippen LogP contribution in [-0.4, -0.2) is 101 Å². The van der Waals surface area contributed by atoms with Gasteiger partial charge in [-0.25, -0.2) is 58.3 Å². The monoisotopic (exact) mass is 968 g/mol. The second-order valence-electron chi connectivity index (χ2n) is 13.2. The van der Waals surface area contributed by atoms with Crippen LogP contribution in [0.4, 0.5) is 19.2 Å². The van der Waals surface area contributed by atoms with Crippen molar-refractivity contribution in [2.45, 2.75) is 27.7 Å². The molecule has 0 radical (unpaired) electrons. The van der Waals surface area contributed by atoms with Crippen LogP contribution in [-0.2, 0) is 58.0 Å². The van der Waals surface area contributed by atoms with Crippen molar-refractivity contribution in [1.29, 1.82) is 0 Å². The van der Waals surface area contributed by atoms with E-state index in [0.717, 1.165) is 0 Å². The van der Waals surface area contributed by atoms with E-state index in [-0.39, 0.29) is 71.7 Å². The fourth-order valence-electron chi connectivity index (χ4n) is 5.33. The highest BCUT2D eigenvalue weighted by Gasteiger charge is 2.40. The van der Waals surface area contributed by atoms with E-state index in [1.165, 1.54) is 72.8 Å². The molecule has 0 aliphatic carbocycles. The topological polar surface area (TPSA) is 284 Å². The Morgan fingerprint density at radius 2 is 0.522 bits per heavy atom. The van der Waals surface area contributed by atoms with Crippen LogP contribution in [0.25, 0.3) is 0 Å². The van der Waals surface area contributed by atoms with Crippen LogP contribution >= 0.6 is 0 Å². The average Bonchev–Trinajstić information content (AvgIpc) is 3.36. The van der Waals surface area contributed by atoms with Gasteiger partial charge in [-0.05, 0) is 76.2 Å². The molecule has 0 aromatic heterocycles. The number of carbonyl (C=O) groups is 8. The minimum absolute atomic E-state index is 0.0793. The Balaban J connectivity index is 1.55. The summed E-state index contributed by atoms with van der Waals surface area (Å²) in [6.45, 7) is 2.63. The molecule has 0 fully saturated rings. The first-order valence-electron chi connectivity index (χ1n) is 20.4. The molecular formula is C45H44O24. The van der Waals surface area contributed by atoms with Crippen LogP contribution < -0.4 is 18.9 Å². The minimum Gasteiger partial charge on any atom is -0.493 e. The van der Waals surface area contributed by atoms with Crippen molar-refractivity contribution in [3.8, 4) is 23.0 Å². The van der Waals surface area contributed by atoms with E-state index in [1.54, 1.807) is 52.0 Å². The summed E-state index contributed by atoms with van der Waals surface area (Å²) in [6.07, 6.45) is -7.00. The van der Waals surface area contributed by atoms with Crippen molar-refractivity contribution in [1.82, 2.24) is 0 Å². The van der Waals surface area contributed by atoms with Crippen LogP contribution in [0.5, 0.6) is 23.0 Å². The maximum absolute atomic E-state index is 12.9. The summed E-state index contributed by atoms with van der Waals surface area (Å²) in [6, 6.07) is 23.1. The number of hydrogen-bond acceptors (Lipinski definition) is 24. The molecule has 0 bridgehead atoms. The quantitative estimate of drug-likeness (QED) is 0.0364. The number of para-hydroxylation sites is 4. The van der Waals surface area contributed by atoms with Crippen molar-refractivity contribution >= 4 is 48.5 Å². The van der Waals surface area contributed by atoms with Gasteiger partial charge in [0.15, 0.2) is 0 Å². The summed E-state index contributed by atoms with van der Waals surface area (Å²) in [4.78, 5) is 139. The number of benzene rings is 4. The standard InChI is InChI=1S/C45H44O24/c1-5-54-33-21-13-9-17-29(33)37(46)62-66-41(50)58-25-45(26-59-42(51)67-63-38(47)30-18-10-14-22-34(30)55-6-2,27-60-43(52)68-64-39(48)31-19-11-15-23-35(31)56-7-3)28-61-44(53)69-65-40(49)32-20-12-16-24-36(32)57-8-4/h9-24H,5-8,25-28H2,1-4H3. The van der Waals surface area contributed by atoms with E-state index < -0.39 is 80.3 Å². The largest absolute Gasteiger partial charge is 0.549 e. The molecule has 0 aliphatic heterocycles. The van der Waals surface area contributed by atoms with Crippen molar-refractivity contribution < 1.29 is 115 Å². The van der Waals surface area contributed by atoms with Crippen molar-refractivity contribution in [3.63, 3.8) is 0 Å². The van der Waals surface area contributed by atoms with E-state index >= 15 is 0 Å². The molecule has 4 rings (SSSR count). The van der Waals surface area contributed by atoms with E-state index in [1.807, 2.05) is 0 Å². The molecular weight excluding hydrogens is 924 g/mol. The molecule has 0 heterocycles. The fraction of sp³-hybridized carbons (Fsp3) is 0.289. The molecule has 0 amide bonds. The van der Waals surface area contributed by atoms with Gasteiger partial charge in [0.1, 0.15) is 77.1 Å².